The van der Waals surface area contributed by atoms with E-state index in [1.54, 1.807) is 0 Å². The summed E-state index contributed by atoms with van der Waals surface area (Å²) in [4.78, 5) is 12.1. The molecule has 2 N–H and O–H groups in total. The predicted molar refractivity (Wildman–Crippen MR) is 94.0 cm³/mol. The van der Waals surface area contributed by atoms with E-state index in [-0.39, 0.29) is 5.91 Å². The quantitative estimate of drug-likeness (QED) is 0.768. The molecule has 0 heterocycles. The number of nitrogens with one attached hydrogen (secondary N) is 2. The van der Waals surface area contributed by atoms with Crippen LogP contribution in [0.25, 0.3) is 0 Å². The fourth-order valence-electron chi connectivity index (χ4n) is 2.06. The number of benzene rings is 2. The molecule has 23 heavy (non-hydrogen) atoms. The second kappa shape index (κ2) is 8.96. The van der Waals surface area contributed by atoms with Gasteiger partial charge in [0.1, 0.15) is 5.75 Å². The molecule has 122 valence electrons. The Kier molecular flexibility index (Phi) is 6.63. The molecule has 2 aromatic rings. The molecule has 0 aliphatic rings. The van der Waals surface area contributed by atoms with E-state index in [4.69, 9.17) is 4.74 Å². The molecule has 0 spiro atoms. The first-order valence-corrected chi connectivity index (χ1v) is 8.04. The van der Waals surface area contributed by atoms with Gasteiger partial charge in [-0.25, -0.2) is 0 Å². The number of carbonyl (C=O) groups excluding carboxylic acids is 1. The van der Waals surface area contributed by atoms with Gasteiger partial charge in [-0.3, -0.25) is 4.79 Å². The number of anilines is 1. The lowest BCUT2D eigenvalue weighted by molar-refractivity contribution is -0.116. The molecule has 0 fully saturated rings. The maximum absolute atomic E-state index is 12.1. The molecule has 4 nitrogen and oxygen atoms in total. The fourth-order valence-corrected chi connectivity index (χ4v) is 2.06. The largest absolute Gasteiger partial charge is 0.455 e. The molecule has 0 aromatic heterocycles. The van der Waals surface area contributed by atoms with Crippen molar-refractivity contribution in [1.82, 2.24) is 5.32 Å². The summed E-state index contributed by atoms with van der Waals surface area (Å²) in [6.07, 6.45) is 1.49. The van der Waals surface area contributed by atoms with Gasteiger partial charge in [-0.2, -0.15) is 0 Å². The van der Waals surface area contributed by atoms with Crippen LogP contribution in [0.5, 0.6) is 11.5 Å². The summed E-state index contributed by atoms with van der Waals surface area (Å²) in [7, 11) is 0. The van der Waals surface area contributed by atoms with Crippen LogP contribution in [-0.2, 0) is 4.79 Å². The molecule has 1 unspecified atom stereocenters. The van der Waals surface area contributed by atoms with Crippen LogP contribution in [0.2, 0.25) is 0 Å². The van der Waals surface area contributed by atoms with Crippen LogP contribution in [0, 0.1) is 0 Å². The van der Waals surface area contributed by atoms with Gasteiger partial charge in [-0.1, -0.05) is 37.3 Å². The number of amides is 1. The Bertz CT molecular complexity index is 614. The van der Waals surface area contributed by atoms with E-state index >= 15 is 0 Å². The van der Waals surface area contributed by atoms with Crippen molar-refractivity contribution in [2.24, 2.45) is 0 Å². The van der Waals surface area contributed by atoms with Gasteiger partial charge in [0.05, 0.1) is 5.69 Å². The highest BCUT2D eigenvalue weighted by Gasteiger charge is 2.08. The molecule has 0 saturated carbocycles. The molecule has 1 amide bonds. The van der Waals surface area contributed by atoms with Crippen molar-refractivity contribution in [3.63, 3.8) is 0 Å². The monoisotopic (exact) mass is 312 g/mol. The Balaban J connectivity index is 1.93. The van der Waals surface area contributed by atoms with E-state index in [0.29, 0.717) is 30.4 Å². The molecule has 0 saturated heterocycles. The molecule has 0 radical (unpaired) electrons. The summed E-state index contributed by atoms with van der Waals surface area (Å²) in [5.41, 5.74) is 0.685. The third-order valence-corrected chi connectivity index (χ3v) is 3.59. The van der Waals surface area contributed by atoms with E-state index < -0.39 is 0 Å². The molecular formula is C19H24N2O2. The number of ether oxygens (including phenoxy) is 1. The van der Waals surface area contributed by atoms with Crippen molar-refractivity contribution >= 4 is 11.6 Å². The summed E-state index contributed by atoms with van der Waals surface area (Å²) in [5.74, 6) is 1.36. The Hall–Kier alpha value is -2.33. The van der Waals surface area contributed by atoms with Crippen LogP contribution in [-0.4, -0.2) is 18.5 Å². The maximum atomic E-state index is 12.1. The van der Waals surface area contributed by atoms with Crippen LogP contribution in [0.3, 0.4) is 0 Å². The number of para-hydroxylation sites is 3. The van der Waals surface area contributed by atoms with Gasteiger partial charge < -0.3 is 15.4 Å². The lowest BCUT2D eigenvalue weighted by Gasteiger charge is -2.13. The van der Waals surface area contributed by atoms with Crippen molar-refractivity contribution in [3.8, 4) is 11.5 Å². The third-order valence-electron chi connectivity index (χ3n) is 3.59. The molecular weight excluding hydrogens is 288 g/mol. The summed E-state index contributed by atoms with van der Waals surface area (Å²) < 4.78 is 5.84. The minimum atomic E-state index is -0.0232. The first-order valence-electron chi connectivity index (χ1n) is 8.04. The van der Waals surface area contributed by atoms with Gasteiger partial charge in [0, 0.05) is 19.0 Å². The number of hydrogen-bond acceptors (Lipinski definition) is 3. The van der Waals surface area contributed by atoms with Crippen LogP contribution >= 0.6 is 0 Å². The topological polar surface area (TPSA) is 50.4 Å². The Morgan fingerprint density at radius 2 is 1.78 bits per heavy atom. The summed E-state index contributed by atoms with van der Waals surface area (Å²) in [6.45, 7) is 4.90. The van der Waals surface area contributed by atoms with Crippen molar-refractivity contribution in [3.05, 3.63) is 54.6 Å². The van der Waals surface area contributed by atoms with E-state index in [9.17, 15) is 4.79 Å². The van der Waals surface area contributed by atoms with Gasteiger partial charge in [0.25, 0.3) is 0 Å². The first-order chi connectivity index (χ1) is 11.2. The average Bonchev–Trinajstić information content (AvgIpc) is 2.57. The normalized spacial score (nSPS) is 11.7. The zero-order chi connectivity index (χ0) is 16.5. The zero-order valence-electron chi connectivity index (χ0n) is 13.7. The molecule has 0 aliphatic heterocycles. The molecule has 1 atom stereocenters. The van der Waals surface area contributed by atoms with Crippen molar-refractivity contribution in [1.29, 1.82) is 0 Å². The van der Waals surface area contributed by atoms with Crippen LogP contribution in [0.4, 0.5) is 5.69 Å². The van der Waals surface area contributed by atoms with E-state index in [1.165, 1.54) is 0 Å². The molecule has 2 rings (SSSR count). The fraction of sp³-hybridized carbons (Fsp3) is 0.316. The van der Waals surface area contributed by atoms with Gasteiger partial charge in [-0.15, -0.1) is 0 Å². The van der Waals surface area contributed by atoms with Crippen molar-refractivity contribution in [2.75, 3.05) is 11.9 Å². The average molecular weight is 312 g/mol. The van der Waals surface area contributed by atoms with Crippen LogP contribution in [0.15, 0.2) is 54.6 Å². The van der Waals surface area contributed by atoms with Crippen molar-refractivity contribution in [2.45, 2.75) is 32.7 Å². The van der Waals surface area contributed by atoms with E-state index in [2.05, 4.69) is 24.5 Å². The smallest absolute Gasteiger partial charge is 0.225 e. The van der Waals surface area contributed by atoms with Gasteiger partial charge in [0.2, 0.25) is 5.91 Å². The maximum Gasteiger partial charge on any atom is 0.225 e. The lowest BCUT2D eigenvalue weighted by Crippen LogP contribution is -2.29. The van der Waals surface area contributed by atoms with Gasteiger partial charge in [-0.05, 0) is 37.6 Å². The number of carbonyl (C=O) groups is 1. The summed E-state index contributed by atoms with van der Waals surface area (Å²) >= 11 is 0. The molecule has 0 aliphatic carbocycles. The predicted octanol–water partition coefficient (Wildman–Crippen LogP) is 4.20. The second-order valence-electron chi connectivity index (χ2n) is 5.47. The standard InChI is InChI=1S/C19H24N2O2/c1-3-15(2)20-14-13-19(22)21-17-11-7-8-12-18(17)23-16-9-5-4-6-10-16/h4-12,15,20H,3,13-14H2,1-2H3,(H,21,22). The second-order valence-corrected chi connectivity index (χ2v) is 5.47. The lowest BCUT2D eigenvalue weighted by atomic mass is 10.2. The minimum Gasteiger partial charge on any atom is -0.455 e. The van der Waals surface area contributed by atoms with Crippen LogP contribution in [0.1, 0.15) is 26.7 Å². The van der Waals surface area contributed by atoms with Crippen LogP contribution < -0.4 is 15.4 Å². The Morgan fingerprint density at radius 1 is 1.09 bits per heavy atom. The number of rotatable bonds is 8. The summed E-state index contributed by atoms with van der Waals surface area (Å²) in [5, 5.41) is 6.23. The van der Waals surface area contributed by atoms with E-state index in [0.717, 1.165) is 12.2 Å². The highest BCUT2D eigenvalue weighted by Crippen LogP contribution is 2.29. The Morgan fingerprint density at radius 3 is 2.52 bits per heavy atom. The molecule has 0 bridgehead atoms. The SMILES string of the molecule is CCC(C)NCCC(=O)Nc1ccccc1Oc1ccccc1. The van der Waals surface area contributed by atoms with E-state index in [1.807, 2.05) is 54.6 Å². The highest BCUT2D eigenvalue weighted by molar-refractivity contribution is 5.92. The molecule has 2 aromatic carbocycles. The third kappa shape index (κ3) is 5.75. The minimum absolute atomic E-state index is 0.0232. The Labute approximate surface area is 137 Å². The highest BCUT2D eigenvalue weighted by atomic mass is 16.5. The van der Waals surface area contributed by atoms with Crippen molar-refractivity contribution < 1.29 is 9.53 Å². The zero-order valence-corrected chi connectivity index (χ0v) is 13.7. The molecule has 4 heteroatoms. The number of hydrogen-bond donors (Lipinski definition) is 2. The first kappa shape index (κ1) is 17.0. The van der Waals surface area contributed by atoms with Gasteiger partial charge in [0.15, 0.2) is 5.75 Å². The van der Waals surface area contributed by atoms with Gasteiger partial charge >= 0.3 is 0 Å². The summed E-state index contributed by atoms with van der Waals surface area (Å²) in [6, 6.07) is 17.4.